The molecule has 30 heavy (non-hydrogen) atoms. The topological polar surface area (TPSA) is 69.7 Å². The van der Waals surface area contributed by atoms with Crippen LogP contribution in [0, 0.1) is 11.6 Å². The molecule has 0 unspecified atom stereocenters. The molecule has 162 valence electrons. The van der Waals surface area contributed by atoms with Crippen molar-refractivity contribution in [2.24, 2.45) is 0 Å². The molecule has 3 rings (SSSR count). The Bertz CT molecular complexity index is 1030. The molecule has 0 atom stereocenters. The van der Waals surface area contributed by atoms with E-state index in [1.165, 1.54) is 16.4 Å². The van der Waals surface area contributed by atoms with Crippen LogP contribution in [0.25, 0.3) is 0 Å². The van der Waals surface area contributed by atoms with Gasteiger partial charge in [-0.1, -0.05) is 13.8 Å². The number of amides is 1. The van der Waals surface area contributed by atoms with Gasteiger partial charge in [-0.25, -0.2) is 17.2 Å². The number of rotatable bonds is 7. The summed E-state index contributed by atoms with van der Waals surface area (Å²) in [6, 6.07) is 7.18. The van der Waals surface area contributed by atoms with Crippen LogP contribution in [0.4, 0.5) is 20.2 Å². The molecule has 6 nitrogen and oxygen atoms in total. The van der Waals surface area contributed by atoms with Gasteiger partial charge in [0.25, 0.3) is 5.91 Å². The fourth-order valence-corrected chi connectivity index (χ4v) is 5.07. The molecular weight excluding hydrogens is 412 g/mol. The van der Waals surface area contributed by atoms with Crippen molar-refractivity contribution >= 4 is 27.3 Å². The van der Waals surface area contributed by atoms with Gasteiger partial charge >= 0.3 is 0 Å². The summed E-state index contributed by atoms with van der Waals surface area (Å²) < 4.78 is 54.7. The van der Waals surface area contributed by atoms with Crippen LogP contribution >= 0.6 is 0 Å². The minimum Gasteiger partial charge on any atom is -0.370 e. The molecule has 9 heteroatoms. The second-order valence-electron chi connectivity index (χ2n) is 7.04. The van der Waals surface area contributed by atoms with Gasteiger partial charge in [-0.2, -0.15) is 4.31 Å². The number of carbonyl (C=O) groups excluding carboxylic acids is 1. The third kappa shape index (κ3) is 4.46. The monoisotopic (exact) mass is 437 g/mol. The van der Waals surface area contributed by atoms with Gasteiger partial charge in [-0.15, -0.1) is 0 Å². The van der Waals surface area contributed by atoms with Gasteiger partial charge < -0.3 is 10.2 Å². The summed E-state index contributed by atoms with van der Waals surface area (Å²) in [6.07, 6.45) is 1.96. The Morgan fingerprint density at radius 3 is 2.37 bits per heavy atom. The Labute approximate surface area is 175 Å². The van der Waals surface area contributed by atoms with Gasteiger partial charge in [-0.05, 0) is 49.2 Å². The summed E-state index contributed by atoms with van der Waals surface area (Å²) in [4.78, 5) is 14.7. The maximum absolute atomic E-state index is 14.0. The average Bonchev–Trinajstić information content (AvgIpc) is 3.25. The zero-order valence-electron chi connectivity index (χ0n) is 17.0. The molecule has 1 N–H and O–H groups in total. The van der Waals surface area contributed by atoms with E-state index in [1.54, 1.807) is 19.9 Å². The molecule has 0 spiro atoms. The standard InChI is InChI=1S/C21H25F2N3O3S/c1-3-26(4-2)30(28,29)16-8-10-20(25-11-5-6-12-25)19(14-16)24-21(27)17-13-15(22)7-9-18(17)23/h7-10,13-14H,3-6,11-12H2,1-2H3,(H,24,27). The van der Waals surface area contributed by atoms with Crippen molar-refractivity contribution in [1.29, 1.82) is 0 Å². The van der Waals surface area contributed by atoms with E-state index < -0.39 is 33.1 Å². The molecule has 0 bridgehead atoms. The van der Waals surface area contributed by atoms with Crippen molar-refractivity contribution in [3.8, 4) is 0 Å². The number of hydrogen-bond donors (Lipinski definition) is 1. The molecule has 0 aliphatic carbocycles. The van der Waals surface area contributed by atoms with Gasteiger partial charge in [0.15, 0.2) is 0 Å². The first-order valence-electron chi connectivity index (χ1n) is 9.93. The zero-order chi connectivity index (χ0) is 21.9. The second-order valence-corrected chi connectivity index (χ2v) is 8.98. The number of carbonyl (C=O) groups is 1. The molecule has 0 aromatic heterocycles. The normalized spacial score (nSPS) is 14.4. The highest BCUT2D eigenvalue weighted by atomic mass is 32.2. The van der Waals surface area contributed by atoms with Gasteiger partial charge in [0.1, 0.15) is 11.6 Å². The molecule has 1 amide bonds. The predicted molar refractivity (Wildman–Crippen MR) is 112 cm³/mol. The van der Waals surface area contributed by atoms with E-state index in [1.807, 2.05) is 4.90 Å². The van der Waals surface area contributed by atoms with Crippen LogP contribution in [-0.4, -0.2) is 44.8 Å². The molecule has 0 radical (unpaired) electrons. The Hall–Kier alpha value is -2.52. The molecule has 1 heterocycles. The summed E-state index contributed by atoms with van der Waals surface area (Å²) in [5.74, 6) is -2.44. The van der Waals surface area contributed by atoms with Gasteiger partial charge in [0.05, 0.1) is 21.8 Å². The van der Waals surface area contributed by atoms with Crippen molar-refractivity contribution < 1.29 is 22.0 Å². The lowest BCUT2D eigenvalue weighted by Crippen LogP contribution is -2.31. The highest BCUT2D eigenvalue weighted by molar-refractivity contribution is 7.89. The van der Waals surface area contributed by atoms with Crippen LogP contribution in [0.1, 0.15) is 37.0 Å². The highest BCUT2D eigenvalue weighted by Gasteiger charge is 2.25. The zero-order valence-corrected chi connectivity index (χ0v) is 17.8. The van der Waals surface area contributed by atoms with Gasteiger partial charge in [0, 0.05) is 26.2 Å². The van der Waals surface area contributed by atoms with E-state index in [0.717, 1.165) is 44.1 Å². The first-order chi connectivity index (χ1) is 14.3. The van der Waals surface area contributed by atoms with Gasteiger partial charge in [-0.3, -0.25) is 4.79 Å². The highest BCUT2D eigenvalue weighted by Crippen LogP contribution is 2.33. The Morgan fingerprint density at radius 1 is 1.07 bits per heavy atom. The van der Waals surface area contributed by atoms with E-state index in [-0.39, 0.29) is 10.6 Å². The van der Waals surface area contributed by atoms with Crippen LogP contribution in [0.3, 0.4) is 0 Å². The number of sulfonamides is 1. The number of anilines is 2. The van der Waals surface area contributed by atoms with Crippen LogP contribution in [0.2, 0.25) is 0 Å². The van der Waals surface area contributed by atoms with Crippen molar-refractivity contribution in [1.82, 2.24) is 4.31 Å². The van der Waals surface area contributed by atoms with Crippen molar-refractivity contribution in [3.63, 3.8) is 0 Å². The summed E-state index contributed by atoms with van der Waals surface area (Å²) in [6.45, 7) is 5.63. The van der Waals surface area contributed by atoms with Crippen molar-refractivity contribution in [2.75, 3.05) is 36.4 Å². The van der Waals surface area contributed by atoms with Crippen LogP contribution in [0.15, 0.2) is 41.3 Å². The summed E-state index contributed by atoms with van der Waals surface area (Å²) in [5.41, 5.74) is 0.453. The lowest BCUT2D eigenvalue weighted by atomic mass is 10.1. The minimum atomic E-state index is -3.75. The third-order valence-corrected chi connectivity index (χ3v) is 7.23. The number of nitrogens with one attached hydrogen (secondary N) is 1. The smallest absolute Gasteiger partial charge is 0.258 e. The predicted octanol–water partition coefficient (Wildman–Crippen LogP) is 3.85. The van der Waals surface area contributed by atoms with Crippen molar-refractivity contribution in [3.05, 3.63) is 53.6 Å². The lowest BCUT2D eigenvalue weighted by molar-refractivity contribution is 0.102. The average molecular weight is 438 g/mol. The van der Waals surface area contributed by atoms with E-state index in [4.69, 9.17) is 0 Å². The van der Waals surface area contributed by atoms with E-state index in [2.05, 4.69) is 5.32 Å². The third-order valence-electron chi connectivity index (χ3n) is 5.18. The molecule has 1 fully saturated rings. The van der Waals surface area contributed by atoms with Crippen molar-refractivity contribution in [2.45, 2.75) is 31.6 Å². The van der Waals surface area contributed by atoms with Crippen LogP contribution in [0.5, 0.6) is 0 Å². The molecule has 0 saturated carbocycles. The largest absolute Gasteiger partial charge is 0.370 e. The summed E-state index contributed by atoms with van der Waals surface area (Å²) in [5, 5.41) is 2.59. The summed E-state index contributed by atoms with van der Waals surface area (Å²) in [7, 11) is -3.75. The molecule has 2 aromatic rings. The fraction of sp³-hybridized carbons (Fsp3) is 0.381. The number of benzene rings is 2. The minimum absolute atomic E-state index is 0.0316. The van der Waals surface area contributed by atoms with E-state index in [0.29, 0.717) is 18.8 Å². The van der Waals surface area contributed by atoms with Crippen LogP contribution < -0.4 is 10.2 Å². The molecule has 1 saturated heterocycles. The van der Waals surface area contributed by atoms with Gasteiger partial charge in [0.2, 0.25) is 10.0 Å². The maximum Gasteiger partial charge on any atom is 0.258 e. The number of nitrogens with zero attached hydrogens (tertiary/aromatic N) is 2. The first kappa shape index (κ1) is 22.2. The number of halogens is 2. The molecule has 2 aromatic carbocycles. The van der Waals surface area contributed by atoms with E-state index in [9.17, 15) is 22.0 Å². The Morgan fingerprint density at radius 2 is 1.73 bits per heavy atom. The second kappa shape index (κ2) is 9.09. The maximum atomic E-state index is 14.0. The Kier molecular flexibility index (Phi) is 6.72. The Balaban J connectivity index is 2.03. The van der Waals surface area contributed by atoms with Crippen LogP contribution in [-0.2, 0) is 10.0 Å². The molecule has 1 aliphatic rings. The summed E-state index contributed by atoms with van der Waals surface area (Å²) >= 11 is 0. The molecular formula is C21H25F2N3O3S. The fourth-order valence-electron chi connectivity index (χ4n) is 3.58. The SMILES string of the molecule is CCN(CC)S(=O)(=O)c1ccc(N2CCCC2)c(NC(=O)c2cc(F)ccc2F)c1. The lowest BCUT2D eigenvalue weighted by Gasteiger charge is -2.24. The van der Waals surface area contributed by atoms with E-state index >= 15 is 0 Å². The quantitative estimate of drug-likeness (QED) is 0.715. The number of hydrogen-bond acceptors (Lipinski definition) is 4. The first-order valence-corrected chi connectivity index (χ1v) is 11.4. The molecule has 1 aliphatic heterocycles.